The van der Waals surface area contributed by atoms with Crippen molar-refractivity contribution in [3.8, 4) is 0 Å². The number of nitrogens with zero attached hydrogens (tertiary/aromatic N) is 1. The maximum atomic E-state index is 5.22. The number of rotatable bonds is 2. The van der Waals surface area contributed by atoms with E-state index in [1.165, 1.54) is 19.3 Å². The first kappa shape index (κ1) is 11.7. The molecule has 84 valence electrons. The van der Waals surface area contributed by atoms with Crippen molar-refractivity contribution in [1.29, 1.82) is 0 Å². The first-order valence-electron chi connectivity index (χ1n) is 5.67. The van der Waals surface area contributed by atoms with Crippen molar-refractivity contribution < 1.29 is 4.58 Å². The molecule has 16 heavy (non-hydrogen) atoms. The van der Waals surface area contributed by atoms with Crippen LogP contribution in [-0.2, 0) is 12.6 Å². The lowest BCUT2D eigenvalue weighted by molar-refractivity contribution is -0.535. The zero-order valence-corrected chi connectivity index (χ0v) is 10.8. The fourth-order valence-electron chi connectivity index (χ4n) is 2.14. The average Bonchev–Trinajstić information content (AvgIpc) is 2.31. The molecule has 0 radical (unpaired) electrons. The second-order valence-corrected chi connectivity index (χ2v) is 5.12. The second-order valence-electron chi connectivity index (χ2n) is 4.05. The first-order valence-corrected chi connectivity index (χ1v) is 6.49. The van der Waals surface area contributed by atoms with Crippen LogP contribution in [0.1, 0.15) is 24.8 Å². The molecule has 0 atom stereocenters. The van der Waals surface area contributed by atoms with E-state index in [1.807, 2.05) is 18.2 Å². The summed E-state index contributed by atoms with van der Waals surface area (Å²) in [6, 6.07) is 10.3. The molecule has 0 aromatic heterocycles. The van der Waals surface area contributed by atoms with Crippen molar-refractivity contribution in [3.05, 3.63) is 35.9 Å². The Hall–Kier alpha value is -0.800. The van der Waals surface area contributed by atoms with Crippen LogP contribution in [0.5, 0.6) is 0 Å². The Bertz CT molecular complexity index is 401. The summed E-state index contributed by atoms with van der Waals surface area (Å²) in [5, 5.41) is 0. The van der Waals surface area contributed by atoms with Gasteiger partial charge in [-0.1, -0.05) is 22.4 Å². The molecule has 1 aliphatic heterocycles. The van der Waals surface area contributed by atoms with Crippen LogP contribution in [-0.4, -0.2) is 27.6 Å². The lowest BCUT2D eigenvalue weighted by atomic mass is 10.1. The lowest BCUT2D eigenvalue weighted by Gasteiger charge is -2.16. The van der Waals surface area contributed by atoms with E-state index in [9.17, 15) is 0 Å². The highest BCUT2D eigenvalue weighted by Crippen LogP contribution is 2.09. The second kappa shape index (κ2) is 5.51. The molecule has 1 aromatic carbocycles. The van der Waals surface area contributed by atoms with Gasteiger partial charge in [-0.3, -0.25) is 0 Å². The predicted octanol–water partition coefficient (Wildman–Crippen LogP) is 2.55. The molecule has 1 aromatic rings. The highest BCUT2D eigenvalue weighted by Gasteiger charge is 2.18. The summed E-state index contributed by atoms with van der Waals surface area (Å²) in [7, 11) is 0. The van der Waals surface area contributed by atoms with Crippen molar-refractivity contribution in [2.75, 3.05) is 13.1 Å². The number of hydrogen-bond donors (Lipinski definition) is 0. The summed E-state index contributed by atoms with van der Waals surface area (Å²) < 4.78 is 2.93. The van der Waals surface area contributed by atoms with Crippen molar-refractivity contribution in [1.82, 2.24) is 0 Å². The molecule has 0 bridgehead atoms. The Kier molecular flexibility index (Phi) is 4.02. The molecule has 1 nitrogen and oxygen atoms in total. The molecule has 0 unspecified atom stereocenters. The maximum Gasteiger partial charge on any atom is 0.194 e. The van der Waals surface area contributed by atoms with E-state index in [4.69, 9.17) is 24.8 Å². The fourth-order valence-corrected chi connectivity index (χ4v) is 2.64. The maximum absolute atomic E-state index is 5.22. The topological polar surface area (TPSA) is 3.01 Å². The van der Waals surface area contributed by atoms with Crippen LogP contribution in [0.4, 0.5) is 0 Å². The lowest BCUT2D eigenvalue weighted by Crippen LogP contribution is -2.31. The van der Waals surface area contributed by atoms with Gasteiger partial charge in [-0.05, 0) is 18.6 Å². The van der Waals surface area contributed by atoms with Gasteiger partial charge in [-0.2, -0.15) is 0 Å². The molecular formula is C13H15NS2. The number of benzene rings is 1. The van der Waals surface area contributed by atoms with E-state index in [2.05, 4.69) is 16.7 Å². The van der Waals surface area contributed by atoms with E-state index in [0.717, 1.165) is 24.4 Å². The summed E-state index contributed by atoms with van der Waals surface area (Å²) in [6.07, 6.45) is 3.81. The SMILES string of the molecule is S=C([S-])C(c1ccccc1)=[N+]1CCCCC1. The van der Waals surface area contributed by atoms with Crippen molar-refractivity contribution in [2.24, 2.45) is 0 Å². The van der Waals surface area contributed by atoms with Gasteiger partial charge in [0.1, 0.15) is 13.1 Å². The third-order valence-corrected chi connectivity index (χ3v) is 3.30. The Morgan fingerprint density at radius 2 is 1.69 bits per heavy atom. The normalized spacial score (nSPS) is 15.9. The largest absolute Gasteiger partial charge is 0.422 e. The van der Waals surface area contributed by atoms with Gasteiger partial charge in [0.15, 0.2) is 5.71 Å². The Morgan fingerprint density at radius 3 is 2.25 bits per heavy atom. The van der Waals surface area contributed by atoms with Gasteiger partial charge in [0.05, 0.1) is 0 Å². The highest BCUT2D eigenvalue weighted by atomic mass is 32.1. The van der Waals surface area contributed by atoms with E-state index >= 15 is 0 Å². The summed E-state index contributed by atoms with van der Waals surface area (Å²) in [5.41, 5.74) is 2.23. The fraction of sp³-hybridized carbons (Fsp3) is 0.385. The standard InChI is InChI=1S/C13H15NS2/c15-13(16)12(11-7-3-1-4-8-11)14-9-5-2-6-10-14/h1,3-4,7-8H,2,5-6,9-10H2. The molecule has 1 aliphatic rings. The van der Waals surface area contributed by atoms with Crippen LogP contribution >= 0.6 is 12.2 Å². The Labute approximate surface area is 108 Å². The number of piperidine rings is 1. The van der Waals surface area contributed by atoms with Gasteiger partial charge in [0, 0.05) is 18.4 Å². The molecule has 3 heteroatoms. The van der Waals surface area contributed by atoms with Gasteiger partial charge in [-0.15, -0.1) is 0 Å². The molecule has 0 N–H and O–H groups in total. The summed E-state index contributed by atoms with van der Waals surface area (Å²) in [5.74, 6) is 0. The van der Waals surface area contributed by atoms with Crippen molar-refractivity contribution in [3.63, 3.8) is 0 Å². The van der Waals surface area contributed by atoms with Crippen LogP contribution in [0.2, 0.25) is 0 Å². The summed E-state index contributed by atoms with van der Waals surface area (Å²) in [4.78, 5) is 0. The Morgan fingerprint density at radius 1 is 1.06 bits per heavy atom. The highest BCUT2D eigenvalue weighted by molar-refractivity contribution is 8.03. The van der Waals surface area contributed by atoms with Crippen LogP contribution in [0, 0.1) is 0 Å². The molecule has 0 aliphatic carbocycles. The third kappa shape index (κ3) is 2.66. The quantitative estimate of drug-likeness (QED) is 0.450. The molecule has 1 fully saturated rings. The number of hydrogen-bond acceptors (Lipinski definition) is 2. The minimum absolute atomic E-state index is 0.591. The van der Waals surface area contributed by atoms with Gasteiger partial charge in [-0.25, -0.2) is 4.58 Å². The zero-order valence-electron chi connectivity index (χ0n) is 9.19. The molecule has 0 amide bonds. The van der Waals surface area contributed by atoms with Crippen LogP contribution in [0.15, 0.2) is 30.3 Å². The molecule has 2 rings (SSSR count). The average molecular weight is 249 g/mol. The minimum Gasteiger partial charge on any atom is -0.422 e. The third-order valence-electron chi connectivity index (χ3n) is 2.91. The number of thiocarbonyl (C=S) groups is 1. The minimum atomic E-state index is 0.591. The Balaban J connectivity index is 2.41. The molecule has 0 spiro atoms. The van der Waals surface area contributed by atoms with Crippen molar-refractivity contribution >= 4 is 34.8 Å². The molecular weight excluding hydrogens is 234 g/mol. The van der Waals surface area contributed by atoms with Crippen LogP contribution in [0.25, 0.3) is 0 Å². The van der Waals surface area contributed by atoms with Gasteiger partial charge >= 0.3 is 0 Å². The van der Waals surface area contributed by atoms with Gasteiger partial charge < -0.3 is 24.8 Å². The van der Waals surface area contributed by atoms with E-state index in [1.54, 1.807) is 0 Å². The van der Waals surface area contributed by atoms with Gasteiger partial charge in [0.25, 0.3) is 0 Å². The van der Waals surface area contributed by atoms with E-state index in [-0.39, 0.29) is 0 Å². The zero-order chi connectivity index (χ0) is 11.4. The predicted molar refractivity (Wildman–Crippen MR) is 74.4 cm³/mol. The van der Waals surface area contributed by atoms with Crippen molar-refractivity contribution in [2.45, 2.75) is 19.3 Å². The molecule has 1 heterocycles. The molecule has 1 saturated heterocycles. The van der Waals surface area contributed by atoms with Crippen LogP contribution in [0.3, 0.4) is 0 Å². The summed E-state index contributed by atoms with van der Waals surface area (Å²) in [6.45, 7) is 2.17. The van der Waals surface area contributed by atoms with E-state index < -0.39 is 0 Å². The van der Waals surface area contributed by atoms with Crippen LogP contribution < -0.4 is 0 Å². The first-order chi connectivity index (χ1) is 7.79. The summed E-state index contributed by atoms with van der Waals surface area (Å²) >= 11 is 10.4. The molecule has 0 saturated carbocycles. The smallest absolute Gasteiger partial charge is 0.194 e. The van der Waals surface area contributed by atoms with E-state index in [0.29, 0.717) is 4.20 Å². The monoisotopic (exact) mass is 249 g/mol. The van der Waals surface area contributed by atoms with Gasteiger partial charge in [0.2, 0.25) is 0 Å².